The smallest absolute Gasteiger partial charge is 0.244 e. The molecule has 1 aliphatic heterocycles. The molecule has 6 nitrogen and oxygen atoms in total. The number of carbonyl (C=O) groups excluding carboxylic acids is 1. The maximum absolute atomic E-state index is 12.5. The number of hydrogen-bond acceptors (Lipinski definition) is 4. The third-order valence-corrected chi connectivity index (χ3v) is 5.85. The van der Waals surface area contributed by atoms with Gasteiger partial charge in [0.2, 0.25) is 11.9 Å². The predicted octanol–water partition coefficient (Wildman–Crippen LogP) is 3.33. The summed E-state index contributed by atoms with van der Waals surface area (Å²) in [6.07, 6.45) is 12.0. The molecule has 0 bridgehead atoms. The number of aromatic amines is 1. The van der Waals surface area contributed by atoms with Gasteiger partial charge >= 0.3 is 0 Å². The number of rotatable bonds is 6. The number of hydrogen-bond donors (Lipinski definition) is 1. The second-order valence-electron chi connectivity index (χ2n) is 7.97. The fourth-order valence-corrected chi connectivity index (χ4v) is 4.23. The van der Waals surface area contributed by atoms with Crippen molar-refractivity contribution < 1.29 is 4.79 Å². The second kappa shape index (κ2) is 8.68. The number of likely N-dealkylation sites (tertiary alicyclic amines) is 1. The van der Waals surface area contributed by atoms with Crippen molar-refractivity contribution in [3.8, 4) is 0 Å². The van der Waals surface area contributed by atoms with Gasteiger partial charge in [-0.25, -0.2) is 0 Å². The number of H-pyrrole nitrogens is 1. The summed E-state index contributed by atoms with van der Waals surface area (Å²) >= 11 is 0. The maximum Gasteiger partial charge on any atom is 0.244 e. The number of carbonyl (C=O) groups is 1. The highest BCUT2D eigenvalue weighted by Crippen LogP contribution is 2.29. The summed E-state index contributed by atoms with van der Waals surface area (Å²) in [6.45, 7) is 1.70. The predicted molar refractivity (Wildman–Crippen MR) is 99.7 cm³/mol. The molecule has 0 radical (unpaired) electrons. The van der Waals surface area contributed by atoms with Gasteiger partial charge in [0.05, 0.1) is 0 Å². The maximum atomic E-state index is 12.5. The van der Waals surface area contributed by atoms with Gasteiger partial charge in [0.15, 0.2) is 0 Å². The molecule has 0 atom stereocenters. The van der Waals surface area contributed by atoms with E-state index in [0.29, 0.717) is 11.8 Å². The topological polar surface area (TPSA) is 65.1 Å². The molecule has 0 spiro atoms. The molecule has 1 amide bonds. The van der Waals surface area contributed by atoms with E-state index in [1.165, 1.54) is 38.5 Å². The molecular weight excluding hydrogens is 314 g/mol. The van der Waals surface area contributed by atoms with Crippen LogP contribution in [0.4, 0.5) is 5.95 Å². The van der Waals surface area contributed by atoms with Crippen molar-refractivity contribution in [3.05, 3.63) is 5.82 Å². The first kappa shape index (κ1) is 18.2. The highest BCUT2D eigenvalue weighted by molar-refractivity contribution is 5.76. The van der Waals surface area contributed by atoms with Crippen molar-refractivity contribution in [2.75, 3.05) is 32.1 Å². The Morgan fingerprint density at radius 1 is 1.16 bits per heavy atom. The zero-order valence-corrected chi connectivity index (χ0v) is 15.8. The average Bonchev–Trinajstić information content (AvgIpc) is 3.13. The Balaban J connectivity index is 1.38. The van der Waals surface area contributed by atoms with Crippen molar-refractivity contribution in [1.82, 2.24) is 20.1 Å². The third kappa shape index (κ3) is 4.95. The summed E-state index contributed by atoms with van der Waals surface area (Å²) in [4.78, 5) is 21.0. The summed E-state index contributed by atoms with van der Waals surface area (Å²) < 4.78 is 0. The average molecular weight is 348 g/mol. The fraction of sp³-hybridized carbons (Fsp3) is 0.842. The van der Waals surface area contributed by atoms with Crippen molar-refractivity contribution >= 4 is 11.9 Å². The first-order valence-electron chi connectivity index (χ1n) is 10.0. The molecule has 140 valence electrons. The lowest BCUT2D eigenvalue weighted by Gasteiger charge is -2.31. The van der Waals surface area contributed by atoms with Crippen LogP contribution < -0.4 is 4.90 Å². The van der Waals surface area contributed by atoms with E-state index in [2.05, 4.69) is 20.1 Å². The van der Waals surface area contributed by atoms with E-state index >= 15 is 0 Å². The first-order chi connectivity index (χ1) is 12.1. The van der Waals surface area contributed by atoms with Crippen LogP contribution in [0.15, 0.2) is 0 Å². The van der Waals surface area contributed by atoms with Crippen LogP contribution in [0.2, 0.25) is 0 Å². The molecule has 2 heterocycles. The summed E-state index contributed by atoms with van der Waals surface area (Å²) in [5.41, 5.74) is 0. The molecule has 25 heavy (non-hydrogen) atoms. The van der Waals surface area contributed by atoms with Crippen LogP contribution >= 0.6 is 0 Å². The molecule has 6 heteroatoms. The highest BCUT2D eigenvalue weighted by atomic mass is 16.2. The van der Waals surface area contributed by atoms with Crippen molar-refractivity contribution in [3.63, 3.8) is 0 Å². The van der Waals surface area contributed by atoms with Crippen molar-refractivity contribution in [1.29, 1.82) is 0 Å². The number of anilines is 1. The van der Waals surface area contributed by atoms with Crippen LogP contribution in [0, 0.1) is 5.92 Å². The Kier molecular flexibility index (Phi) is 6.32. The number of piperidine rings is 1. The minimum Gasteiger partial charge on any atom is -0.346 e. The molecule has 2 aliphatic rings. The summed E-state index contributed by atoms with van der Waals surface area (Å²) in [7, 11) is 3.89. The number of nitrogens with zero attached hydrogens (tertiary/aromatic N) is 4. The monoisotopic (exact) mass is 347 g/mol. The van der Waals surface area contributed by atoms with E-state index < -0.39 is 0 Å². The van der Waals surface area contributed by atoms with Gasteiger partial charge in [0, 0.05) is 39.5 Å². The number of nitrogens with one attached hydrogen (secondary N) is 1. The number of amides is 1. The molecule has 1 saturated heterocycles. The molecular formula is C19H33N5O. The molecule has 1 aromatic rings. The summed E-state index contributed by atoms with van der Waals surface area (Å²) in [6, 6.07) is 0. The van der Waals surface area contributed by atoms with E-state index in [0.717, 1.165) is 56.5 Å². The third-order valence-electron chi connectivity index (χ3n) is 5.85. The lowest BCUT2D eigenvalue weighted by atomic mass is 9.86. The molecule has 1 aromatic heterocycles. The SMILES string of the molecule is CN(C)c1n[nH]c(C2CCN(C(=O)CCCC3CCCCC3)CC2)n1. The molecule has 2 fully saturated rings. The minimum absolute atomic E-state index is 0.348. The van der Waals surface area contributed by atoms with Crippen LogP contribution in [0.3, 0.4) is 0 Å². The van der Waals surface area contributed by atoms with Crippen LogP contribution in [0.1, 0.15) is 76.0 Å². The lowest BCUT2D eigenvalue weighted by molar-refractivity contribution is -0.132. The van der Waals surface area contributed by atoms with Gasteiger partial charge < -0.3 is 9.80 Å². The van der Waals surface area contributed by atoms with E-state index in [-0.39, 0.29) is 0 Å². The zero-order chi connectivity index (χ0) is 17.6. The Morgan fingerprint density at radius 2 is 1.88 bits per heavy atom. The molecule has 3 rings (SSSR count). The molecule has 1 aliphatic carbocycles. The molecule has 0 unspecified atom stereocenters. The lowest BCUT2D eigenvalue weighted by Crippen LogP contribution is -2.38. The fourth-order valence-electron chi connectivity index (χ4n) is 4.23. The minimum atomic E-state index is 0.348. The Labute approximate surface area is 151 Å². The van der Waals surface area contributed by atoms with Crippen molar-refractivity contribution in [2.45, 2.75) is 70.1 Å². The summed E-state index contributed by atoms with van der Waals surface area (Å²) in [5.74, 6) is 3.32. The van der Waals surface area contributed by atoms with Gasteiger partial charge in [0.25, 0.3) is 0 Å². The van der Waals surface area contributed by atoms with Gasteiger partial charge in [-0.1, -0.05) is 32.1 Å². The Morgan fingerprint density at radius 3 is 2.52 bits per heavy atom. The van der Waals surface area contributed by atoms with E-state index in [4.69, 9.17) is 0 Å². The van der Waals surface area contributed by atoms with Gasteiger partial charge in [-0.05, 0) is 31.6 Å². The highest BCUT2D eigenvalue weighted by Gasteiger charge is 2.26. The van der Waals surface area contributed by atoms with Gasteiger partial charge in [0.1, 0.15) is 5.82 Å². The Hall–Kier alpha value is -1.59. The van der Waals surface area contributed by atoms with Gasteiger partial charge in [-0.3, -0.25) is 9.89 Å². The van der Waals surface area contributed by atoms with Crippen LogP contribution in [0.25, 0.3) is 0 Å². The molecule has 1 N–H and O–H groups in total. The number of aromatic nitrogens is 3. The largest absolute Gasteiger partial charge is 0.346 e. The summed E-state index contributed by atoms with van der Waals surface area (Å²) in [5, 5.41) is 7.30. The van der Waals surface area contributed by atoms with Crippen LogP contribution in [0.5, 0.6) is 0 Å². The van der Waals surface area contributed by atoms with Crippen LogP contribution in [-0.2, 0) is 4.79 Å². The van der Waals surface area contributed by atoms with Gasteiger partial charge in [-0.15, -0.1) is 5.10 Å². The quantitative estimate of drug-likeness (QED) is 0.857. The van der Waals surface area contributed by atoms with Gasteiger partial charge in [-0.2, -0.15) is 4.98 Å². The van der Waals surface area contributed by atoms with E-state index in [9.17, 15) is 4.79 Å². The molecule has 0 aromatic carbocycles. The van der Waals surface area contributed by atoms with Crippen molar-refractivity contribution in [2.24, 2.45) is 5.92 Å². The van der Waals surface area contributed by atoms with E-state index in [1.807, 2.05) is 19.0 Å². The normalized spacial score (nSPS) is 20.0. The van der Waals surface area contributed by atoms with Crippen LogP contribution in [-0.4, -0.2) is 53.2 Å². The Bertz CT molecular complexity index is 542. The zero-order valence-electron chi connectivity index (χ0n) is 15.8. The first-order valence-corrected chi connectivity index (χ1v) is 10.0. The standard InChI is InChI=1S/C19H33N5O/c1-23(2)19-20-18(21-22-19)16-11-13-24(14-12-16)17(25)10-6-9-15-7-4-3-5-8-15/h15-16H,3-14H2,1-2H3,(H,20,21,22). The second-order valence-corrected chi connectivity index (χ2v) is 7.97. The van der Waals surface area contributed by atoms with E-state index in [1.54, 1.807) is 0 Å². The molecule has 1 saturated carbocycles.